The summed E-state index contributed by atoms with van der Waals surface area (Å²) in [5.74, 6) is -0.448. The second-order valence-electron chi connectivity index (χ2n) is 4.48. The van der Waals surface area contributed by atoms with Gasteiger partial charge in [-0.1, -0.05) is 6.08 Å². The minimum Gasteiger partial charge on any atom is -0.466 e. The molecule has 0 saturated carbocycles. The van der Waals surface area contributed by atoms with Gasteiger partial charge in [0.15, 0.2) is 0 Å². The highest BCUT2D eigenvalue weighted by Crippen LogP contribution is 2.50. The first-order valence-electron chi connectivity index (χ1n) is 5.91. The van der Waals surface area contributed by atoms with E-state index in [0.29, 0.717) is 5.57 Å². The first-order chi connectivity index (χ1) is 8.20. The minimum absolute atomic E-state index is 0.0598. The molecule has 0 radical (unpaired) electrons. The largest absolute Gasteiger partial charge is 0.466 e. The number of hydrogen-bond donors (Lipinski definition) is 0. The topological polar surface area (TPSA) is 61.8 Å². The fraction of sp³-hybridized carbons (Fsp3) is 0.750. The van der Waals surface area contributed by atoms with Crippen LogP contribution in [-0.4, -0.2) is 31.4 Å². The van der Waals surface area contributed by atoms with Crippen LogP contribution >= 0.6 is 7.60 Å². The Hall–Kier alpha value is -0.640. The van der Waals surface area contributed by atoms with Crippen LogP contribution in [0.4, 0.5) is 0 Å². The van der Waals surface area contributed by atoms with Crippen molar-refractivity contribution in [3.05, 3.63) is 11.6 Å². The zero-order valence-corrected chi connectivity index (χ0v) is 12.8. The van der Waals surface area contributed by atoms with Crippen LogP contribution in [0.3, 0.4) is 0 Å². The first kappa shape index (κ1) is 17.4. The van der Waals surface area contributed by atoms with Crippen molar-refractivity contribution in [3.8, 4) is 0 Å². The Morgan fingerprint density at radius 2 is 1.61 bits per heavy atom. The minimum atomic E-state index is -3.22. The Morgan fingerprint density at radius 3 is 1.94 bits per heavy atom. The van der Waals surface area contributed by atoms with Gasteiger partial charge in [-0.2, -0.15) is 0 Å². The van der Waals surface area contributed by atoms with Crippen LogP contribution in [0, 0.1) is 0 Å². The summed E-state index contributed by atoms with van der Waals surface area (Å²) in [6, 6.07) is 0. The van der Waals surface area contributed by atoms with Gasteiger partial charge >= 0.3 is 13.6 Å². The lowest BCUT2D eigenvalue weighted by Gasteiger charge is -2.21. The molecule has 0 N–H and O–H groups in total. The molecular weight excluding hydrogens is 255 g/mol. The van der Waals surface area contributed by atoms with E-state index in [1.165, 1.54) is 13.2 Å². The molecule has 0 unspecified atom stereocenters. The lowest BCUT2D eigenvalue weighted by molar-refractivity contribution is -0.136. The third kappa shape index (κ3) is 6.94. The summed E-state index contributed by atoms with van der Waals surface area (Å²) in [4.78, 5) is 11.2. The van der Waals surface area contributed by atoms with Crippen LogP contribution in [0.15, 0.2) is 11.6 Å². The molecule has 0 heterocycles. The normalized spacial score (nSPS) is 13.2. The second kappa shape index (κ2) is 7.72. The smallest absolute Gasteiger partial charge is 0.334 e. The van der Waals surface area contributed by atoms with Crippen molar-refractivity contribution in [1.82, 2.24) is 0 Å². The van der Waals surface area contributed by atoms with Crippen LogP contribution in [0.1, 0.15) is 34.6 Å². The number of hydrogen-bond acceptors (Lipinski definition) is 5. The maximum atomic E-state index is 12.4. The highest BCUT2D eigenvalue weighted by atomic mass is 31.2. The molecule has 0 rings (SSSR count). The molecule has 106 valence electrons. The molecule has 0 aromatic heterocycles. The molecule has 0 spiro atoms. The maximum absolute atomic E-state index is 12.4. The molecule has 0 aliphatic heterocycles. The Kier molecular flexibility index (Phi) is 7.45. The fourth-order valence-corrected chi connectivity index (χ4v) is 3.25. The maximum Gasteiger partial charge on any atom is 0.334 e. The highest BCUT2D eigenvalue weighted by molar-refractivity contribution is 7.54. The highest BCUT2D eigenvalue weighted by Gasteiger charge is 2.26. The lowest BCUT2D eigenvalue weighted by atomic mass is 10.3. The van der Waals surface area contributed by atoms with E-state index in [4.69, 9.17) is 9.05 Å². The van der Waals surface area contributed by atoms with E-state index >= 15 is 0 Å². The Balaban J connectivity index is 4.80. The van der Waals surface area contributed by atoms with Gasteiger partial charge in [-0.05, 0) is 34.6 Å². The van der Waals surface area contributed by atoms with Gasteiger partial charge < -0.3 is 13.8 Å². The molecule has 0 bridgehead atoms. The molecule has 0 atom stereocenters. The van der Waals surface area contributed by atoms with E-state index in [1.54, 1.807) is 34.6 Å². The van der Waals surface area contributed by atoms with E-state index in [-0.39, 0.29) is 18.4 Å². The summed E-state index contributed by atoms with van der Waals surface area (Å²) in [7, 11) is -1.92. The Labute approximate surface area is 109 Å². The van der Waals surface area contributed by atoms with Crippen LogP contribution in [0.25, 0.3) is 0 Å². The van der Waals surface area contributed by atoms with E-state index in [1.807, 2.05) is 0 Å². The molecule has 0 aliphatic rings. The molecule has 0 fully saturated rings. The molecule has 0 saturated heterocycles. The summed E-state index contributed by atoms with van der Waals surface area (Å²) in [5, 5.41) is 0. The van der Waals surface area contributed by atoms with Crippen molar-refractivity contribution in [1.29, 1.82) is 0 Å². The van der Waals surface area contributed by atoms with Gasteiger partial charge in [0.2, 0.25) is 0 Å². The molecule has 5 nitrogen and oxygen atoms in total. The third-order valence-corrected chi connectivity index (χ3v) is 3.99. The number of carbonyl (C=O) groups is 1. The zero-order valence-electron chi connectivity index (χ0n) is 11.9. The average molecular weight is 278 g/mol. The number of carbonyl (C=O) groups excluding carboxylic acids is 1. The van der Waals surface area contributed by atoms with E-state index < -0.39 is 13.6 Å². The number of rotatable bonds is 7. The average Bonchev–Trinajstić information content (AvgIpc) is 2.22. The summed E-state index contributed by atoms with van der Waals surface area (Å²) >= 11 is 0. The van der Waals surface area contributed by atoms with Gasteiger partial charge in [0, 0.05) is 5.57 Å². The van der Waals surface area contributed by atoms with Crippen molar-refractivity contribution >= 4 is 13.6 Å². The van der Waals surface area contributed by atoms with Gasteiger partial charge in [0.1, 0.15) is 0 Å². The van der Waals surface area contributed by atoms with Gasteiger partial charge in [0.05, 0.1) is 25.5 Å². The molecule has 18 heavy (non-hydrogen) atoms. The first-order valence-corrected chi connectivity index (χ1v) is 7.64. The number of methoxy groups -OCH3 is 1. The molecular formula is C12H23O5P. The Morgan fingerprint density at radius 1 is 1.17 bits per heavy atom. The fourth-order valence-electron chi connectivity index (χ4n) is 1.25. The number of ether oxygens (including phenoxy) is 1. The Bertz CT molecular complexity index is 332. The summed E-state index contributed by atoms with van der Waals surface area (Å²) in [6.07, 6.45) is 1.17. The van der Waals surface area contributed by atoms with Gasteiger partial charge in [-0.25, -0.2) is 4.79 Å². The van der Waals surface area contributed by atoms with Crippen LogP contribution in [0.5, 0.6) is 0 Å². The van der Waals surface area contributed by atoms with E-state index in [0.717, 1.165) is 0 Å². The quantitative estimate of drug-likeness (QED) is 0.406. The van der Waals surface area contributed by atoms with Gasteiger partial charge in [0.25, 0.3) is 0 Å². The van der Waals surface area contributed by atoms with Crippen molar-refractivity contribution in [2.45, 2.75) is 46.8 Å². The van der Waals surface area contributed by atoms with Gasteiger partial charge in [-0.3, -0.25) is 4.57 Å². The predicted molar refractivity (Wildman–Crippen MR) is 70.7 cm³/mol. The molecule has 0 amide bonds. The van der Waals surface area contributed by atoms with Crippen molar-refractivity contribution in [2.75, 3.05) is 13.3 Å². The SMILES string of the molecule is COC(=O)/C(C)=C/CP(=O)(OC(C)C)OC(C)C. The summed E-state index contributed by atoms with van der Waals surface area (Å²) in [5.41, 5.74) is 0.387. The van der Waals surface area contributed by atoms with E-state index in [9.17, 15) is 9.36 Å². The van der Waals surface area contributed by atoms with Crippen LogP contribution in [0.2, 0.25) is 0 Å². The monoisotopic (exact) mass is 278 g/mol. The molecule has 0 aromatic carbocycles. The summed E-state index contributed by atoms with van der Waals surface area (Å²) in [6.45, 7) is 8.74. The summed E-state index contributed by atoms with van der Waals surface area (Å²) < 4.78 is 27.7. The lowest BCUT2D eigenvalue weighted by Crippen LogP contribution is -2.10. The molecule has 0 aliphatic carbocycles. The molecule has 6 heteroatoms. The molecule has 0 aromatic rings. The van der Waals surface area contributed by atoms with Crippen LogP contribution in [-0.2, 0) is 23.1 Å². The van der Waals surface area contributed by atoms with Crippen molar-refractivity contribution < 1.29 is 23.1 Å². The van der Waals surface area contributed by atoms with E-state index in [2.05, 4.69) is 4.74 Å². The van der Waals surface area contributed by atoms with Crippen molar-refractivity contribution in [2.24, 2.45) is 0 Å². The predicted octanol–water partition coefficient (Wildman–Crippen LogP) is 3.15. The van der Waals surface area contributed by atoms with Crippen molar-refractivity contribution in [3.63, 3.8) is 0 Å². The zero-order chi connectivity index (χ0) is 14.3. The van der Waals surface area contributed by atoms with Crippen LogP contribution < -0.4 is 0 Å². The second-order valence-corrected chi connectivity index (χ2v) is 6.49. The standard InChI is InChI=1S/C12H23O5P/c1-9(2)16-18(14,17-10(3)4)8-7-11(5)12(13)15-6/h7,9-10H,8H2,1-6H3/b11-7+. The third-order valence-electron chi connectivity index (χ3n) is 1.87. The number of esters is 1. The number of allylic oxidation sites excluding steroid dienone is 1. The van der Waals surface area contributed by atoms with Gasteiger partial charge in [-0.15, -0.1) is 0 Å².